The van der Waals surface area contributed by atoms with E-state index in [0.717, 1.165) is 15.0 Å². The fourth-order valence-electron chi connectivity index (χ4n) is 2.25. The topological polar surface area (TPSA) is 84.2 Å². The van der Waals surface area contributed by atoms with Gasteiger partial charge in [-0.3, -0.25) is 4.79 Å². The fourth-order valence-corrected chi connectivity index (χ4v) is 3.65. The van der Waals surface area contributed by atoms with Crippen molar-refractivity contribution >= 4 is 62.4 Å². The number of halogens is 1. The number of carbonyl (C=O) groups excluding carboxylic acids is 2. The summed E-state index contributed by atoms with van der Waals surface area (Å²) < 4.78 is 1.07. The quantitative estimate of drug-likeness (QED) is 0.581. The number of hydrogen-bond acceptors (Lipinski definition) is 3. The molecule has 5 nitrogen and oxygen atoms in total. The van der Waals surface area contributed by atoms with E-state index in [1.54, 1.807) is 30.3 Å². The van der Waals surface area contributed by atoms with Crippen LogP contribution < -0.4 is 16.4 Å². The number of urea groups is 1. The van der Waals surface area contributed by atoms with Gasteiger partial charge >= 0.3 is 6.03 Å². The molecule has 3 rings (SSSR count). The van der Waals surface area contributed by atoms with Crippen molar-refractivity contribution in [3.05, 3.63) is 64.5 Å². The Labute approximate surface area is 153 Å². The molecule has 0 aliphatic rings. The molecule has 1 heterocycles. The number of benzene rings is 2. The van der Waals surface area contributed by atoms with Crippen molar-refractivity contribution in [2.24, 2.45) is 5.73 Å². The molecule has 0 atom stereocenters. The predicted molar refractivity (Wildman–Crippen MR) is 104 cm³/mol. The molecule has 7 heteroatoms. The molecular weight excluding hydrogens is 358 g/mol. The summed E-state index contributed by atoms with van der Waals surface area (Å²) in [6.07, 6.45) is 3.14. The van der Waals surface area contributed by atoms with Gasteiger partial charge < -0.3 is 16.4 Å². The Balaban J connectivity index is 1.68. The lowest BCUT2D eigenvalue weighted by atomic mass is 10.2. The van der Waals surface area contributed by atoms with Crippen molar-refractivity contribution < 1.29 is 9.59 Å². The van der Waals surface area contributed by atoms with Crippen LogP contribution >= 0.6 is 22.9 Å². The van der Waals surface area contributed by atoms with Gasteiger partial charge in [0.05, 0.1) is 5.02 Å². The number of thiophene rings is 1. The highest BCUT2D eigenvalue weighted by molar-refractivity contribution is 7.20. The van der Waals surface area contributed by atoms with Crippen molar-refractivity contribution in [3.63, 3.8) is 0 Å². The molecule has 0 unspecified atom stereocenters. The SMILES string of the molecule is NC(=O)Nc1ccc(NC(=O)/C=C/c2sc3ccccc3c2Cl)cc1. The van der Waals surface area contributed by atoms with Gasteiger partial charge in [0.1, 0.15) is 0 Å². The summed E-state index contributed by atoms with van der Waals surface area (Å²) in [6, 6.07) is 13.8. The number of anilines is 2. The monoisotopic (exact) mass is 371 g/mol. The Morgan fingerprint density at radius 2 is 1.64 bits per heavy atom. The first-order chi connectivity index (χ1) is 12.0. The van der Waals surface area contributed by atoms with E-state index in [2.05, 4.69) is 10.6 Å². The molecule has 2 aromatic carbocycles. The lowest BCUT2D eigenvalue weighted by molar-refractivity contribution is -0.111. The number of nitrogens with two attached hydrogens (primary N) is 1. The van der Waals surface area contributed by atoms with Crippen LogP contribution in [-0.4, -0.2) is 11.9 Å². The third kappa shape index (κ3) is 4.17. The highest BCUT2D eigenvalue weighted by atomic mass is 35.5. The molecule has 4 N–H and O–H groups in total. The Bertz CT molecular complexity index is 964. The van der Waals surface area contributed by atoms with Crippen LogP contribution in [0.5, 0.6) is 0 Å². The standard InChI is InChI=1S/C18H14ClN3O2S/c19-17-13-3-1-2-4-14(13)25-15(17)9-10-16(23)21-11-5-7-12(8-6-11)22-18(20)24/h1-10H,(H,21,23)(H3,20,22,24)/b10-9+. The van der Waals surface area contributed by atoms with Crippen LogP contribution in [0.25, 0.3) is 16.2 Å². The third-order valence-electron chi connectivity index (χ3n) is 3.37. The van der Waals surface area contributed by atoms with Crippen molar-refractivity contribution in [1.82, 2.24) is 0 Å². The lowest BCUT2D eigenvalue weighted by Gasteiger charge is -2.04. The van der Waals surface area contributed by atoms with E-state index in [1.807, 2.05) is 24.3 Å². The maximum Gasteiger partial charge on any atom is 0.316 e. The first-order valence-electron chi connectivity index (χ1n) is 7.35. The van der Waals surface area contributed by atoms with Gasteiger partial charge in [-0.15, -0.1) is 11.3 Å². The van der Waals surface area contributed by atoms with Gasteiger partial charge in [0.15, 0.2) is 0 Å². The van der Waals surface area contributed by atoms with Gasteiger partial charge in [-0.25, -0.2) is 4.79 Å². The van der Waals surface area contributed by atoms with Crippen LogP contribution in [0.3, 0.4) is 0 Å². The number of carbonyl (C=O) groups is 2. The summed E-state index contributed by atoms with van der Waals surface area (Å²) in [5.74, 6) is -0.274. The van der Waals surface area contributed by atoms with E-state index in [9.17, 15) is 9.59 Å². The number of rotatable bonds is 4. The molecule has 0 aliphatic carbocycles. The van der Waals surface area contributed by atoms with Gasteiger partial charge in [0.25, 0.3) is 0 Å². The Morgan fingerprint density at radius 3 is 2.28 bits per heavy atom. The minimum absolute atomic E-state index is 0.274. The predicted octanol–water partition coefficient (Wildman–Crippen LogP) is 4.70. The first kappa shape index (κ1) is 17.0. The first-order valence-corrected chi connectivity index (χ1v) is 8.55. The second-order valence-electron chi connectivity index (χ2n) is 5.17. The van der Waals surface area contributed by atoms with Gasteiger partial charge in [-0.05, 0) is 36.4 Å². The summed E-state index contributed by atoms with van der Waals surface area (Å²) in [5, 5.41) is 6.81. The molecule has 25 heavy (non-hydrogen) atoms. The van der Waals surface area contributed by atoms with Crippen molar-refractivity contribution in [2.45, 2.75) is 0 Å². The van der Waals surface area contributed by atoms with E-state index in [-0.39, 0.29) is 5.91 Å². The Morgan fingerprint density at radius 1 is 1.00 bits per heavy atom. The van der Waals surface area contributed by atoms with E-state index < -0.39 is 6.03 Å². The minimum Gasteiger partial charge on any atom is -0.351 e. The zero-order valence-electron chi connectivity index (χ0n) is 13.0. The molecule has 126 valence electrons. The summed E-state index contributed by atoms with van der Waals surface area (Å²) in [7, 11) is 0. The molecule has 3 aromatic rings. The zero-order chi connectivity index (χ0) is 17.8. The van der Waals surface area contributed by atoms with Crippen LogP contribution in [0, 0.1) is 0 Å². The normalized spacial score (nSPS) is 10.9. The van der Waals surface area contributed by atoms with Crippen LogP contribution in [0.4, 0.5) is 16.2 Å². The van der Waals surface area contributed by atoms with E-state index in [1.165, 1.54) is 17.4 Å². The molecule has 0 aliphatic heterocycles. The second kappa shape index (κ2) is 7.38. The van der Waals surface area contributed by atoms with Gasteiger partial charge in [-0.1, -0.05) is 29.8 Å². The van der Waals surface area contributed by atoms with Crippen LogP contribution in [0.2, 0.25) is 5.02 Å². The molecule has 0 fully saturated rings. The third-order valence-corrected chi connectivity index (χ3v) is 5.02. The number of hydrogen-bond donors (Lipinski definition) is 3. The molecule has 0 saturated carbocycles. The average Bonchev–Trinajstić information content (AvgIpc) is 2.91. The summed E-state index contributed by atoms with van der Waals surface area (Å²) in [4.78, 5) is 23.6. The highest BCUT2D eigenvalue weighted by Crippen LogP contribution is 2.35. The molecule has 3 amide bonds. The summed E-state index contributed by atoms with van der Waals surface area (Å²) in [5.41, 5.74) is 6.20. The molecule has 0 radical (unpaired) electrons. The number of primary amides is 1. The summed E-state index contributed by atoms with van der Waals surface area (Å²) in [6.45, 7) is 0. The van der Waals surface area contributed by atoms with Gasteiger partial charge in [-0.2, -0.15) is 0 Å². The Kier molecular flexibility index (Phi) is 5.02. The maximum absolute atomic E-state index is 12.0. The molecule has 0 spiro atoms. The van der Waals surface area contributed by atoms with Crippen molar-refractivity contribution in [3.8, 4) is 0 Å². The maximum atomic E-state index is 12.0. The minimum atomic E-state index is -0.639. The molecular formula is C18H14ClN3O2S. The smallest absolute Gasteiger partial charge is 0.316 e. The number of fused-ring (bicyclic) bond motifs is 1. The number of nitrogens with one attached hydrogen (secondary N) is 2. The fraction of sp³-hybridized carbons (Fsp3) is 0. The molecule has 0 saturated heterocycles. The number of amides is 3. The van der Waals surface area contributed by atoms with Crippen LogP contribution in [-0.2, 0) is 4.79 Å². The van der Waals surface area contributed by atoms with E-state index >= 15 is 0 Å². The molecule has 0 bridgehead atoms. The zero-order valence-corrected chi connectivity index (χ0v) is 14.5. The second-order valence-corrected chi connectivity index (χ2v) is 6.63. The van der Waals surface area contributed by atoms with Crippen LogP contribution in [0.15, 0.2) is 54.6 Å². The van der Waals surface area contributed by atoms with Crippen LogP contribution in [0.1, 0.15) is 4.88 Å². The largest absolute Gasteiger partial charge is 0.351 e. The van der Waals surface area contributed by atoms with E-state index in [4.69, 9.17) is 17.3 Å². The van der Waals surface area contributed by atoms with Gasteiger partial charge in [0, 0.05) is 32.4 Å². The van der Waals surface area contributed by atoms with Crippen molar-refractivity contribution in [1.29, 1.82) is 0 Å². The lowest BCUT2D eigenvalue weighted by Crippen LogP contribution is -2.19. The average molecular weight is 372 g/mol. The highest BCUT2D eigenvalue weighted by Gasteiger charge is 2.07. The van der Waals surface area contributed by atoms with Crippen molar-refractivity contribution in [2.75, 3.05) is 10.6 Å². The van der Waals surface area contributed by atoms with E-state index in [0.29, 0.717) is 16.4 Å². The Hall–Kier alpha value is -2.83. The molecule has 1 aromatic heterocycles. The van der Waals surface area contributed by atoms with Gasteiger partial charge in [0.2, 0.25) is 5.91 Å². The summed E-state index contributed by atoms with van der Waals surface area (Å²) >= 11 is 7.87.